The average Bonchev–Trinajstić information content (AvgIpc) is 3.19. The maximum Gasteiger partial charge on any atom is 0.337 e. The maximum atomic E-state index is 15.0. The summed E-state index contributed by atoms with van der Waals surface area (Å²) in [5.74, 6) is -1.22. The highest BCUT2D eigenvalue weighted by atomic mass is 16.8. The quantitative estimate of drug-likeness (QED) is 0.160. The summed E-state index contributed by atoms with van der Waals surface area (Å²) in [6.45, 7) is 14.7. The van der Waals surface area contributed by atoms with Gasteiger partial charge in [0.2, 0.25) is 0 Å². The lowest BCUT2D eigenvalue weighted by Crippen LogP contribution is -2.68. The van der Waals surface area contributed by atoms with Crippen molar-refractivity contribution < 1.29 is 73.4 Å². The molecule has 5 aliphatic carbocycles. The molecule has 2 heterocycles. The second kappa shape index (κ2) is 15.3. The maximum absolute atomic E-state index is 15.0. The lowest BCUT2D eigenvalue weighted by atomic mass is 9.33. The molecule has 59 heavy (non-hydrogen) atoms. The molecule has 6 N–H and O–H groups in total. The van der Waals surface area contributed by atoms with Crippen LogP contribution in [0.3, 0.4) is 0 Å². The van der Waals surface area contributed by atoms with Gasteiger partial charge in [-0.1, -0.05) is 47.1 Å². The van der Waals surface area contributed by atoms with Crippen molar-refractivity contribution in [3.05, 3.63) is 11.6 Å². The van der Waals surface area contributed by atoms with Crippen LogP contribution in [0.1, 0.15) is 106 Å². The van der Waals surface area contributed by atoms with Crippen molar-refractivity contribution in [2.24, 2.45) is 50.2 Å². The van der Waals surface area contributed by atoms with Gasteiger partial charge in [-0.3, -0.25) is 9.59 Å². The topological polar surface area (TPSA) is 228 Å². The zero-order valence-electron chi connectivity index (χ0n) is 36.1. The van der Waals surface area contributed by atoms with Crippen molar-refractivity contribution in [1.82, 2.24) is 0 Å². The van der Waals surface area contributed by atoms with Gasteiger partial charge in [0.15, 0.2) is 24.5 Å². The van der Waals surface area contributed by atoms with Gasteiger partial charge >= 0.3 is 11.9 Å². The number of fused-ring (bicyclic) bond motifs is 7. The molecule has 2 aliphatic heterocycles. The van der Waals surface area contributed by atoms with Crippen LogP contribution in [-0.4, -0.2) is 137 Å². The predicted molar refractivity (Wildman–Crippen MR) is 208 cm³/mol. The number of ether oxygens (including phenoxy) is 6. The largest absolute Gasteiger partial charge is 0.469 e. The Hall–Kier alpha value is -2.05. The van der Waals surface area contributed by atoms with Gasteiger partial charge in [-0.05, 0) is 110 Å². The molecule has 2 saturated heterocycles. The minimum Gasteiger partial charge on any atom is -0.469 e. The van der Waals surface area contributed by atoms with E-state index in [-0.39, 0.29) is 45.8 Å². The lowest BCUT2D eigenvalue weighted by molar-refractivity contribution is -0.374. The Morgan fingerprint density at radius 2 is 1.44 bits per heavy atom. The molecule has 0 amide bonds. The number of carbonyl (C=O) groups is 3. The number of esters is 2. The third-order valence-corrected chi connectivity index (χ3v) is 17.6. The Morgan fingerprint density at radius 3 is 2.08 bits per heavy atom. The van der Waals surface area contributed by atoms with Gasteiger partial charge in [0.1, 0.15) is 42.7 Å². The molecule has 7 rings (SSSR count). The van der Waals surface area contributed by atoms with Crippen LogP contribution in [0.15, 0.2) is 11.6 Å². The van der Waals surface area contributed by atoms with Crippen molar-refractivity contribution in [1.29, 1.82) is 0 Å². The van der Waals surface area contributed by atoms with Gasteiger partial charge in [0, 0.05) is 5.92 Å². The van der Waals surface area contributed by atoms with Crippen LogP contribution in [0.4, 0.5) is 0 Å². The minimum atomic E-state index is -1.84. The Bertz CT molecular complexity index is 1680. The average molecular weight is 837 g/mol. The van der Waals surface area contributed by atoms with Crippen molar-refractivity contribution in [3.8, 4) is 0 Å². The molecule has 7 aliphatic rings. The fraction of sp³-hybridized carbons (Fsp3) is 0.886. The van der Waals surface area contributed by atoms with E-state index in [9.17, 15) is 45.0 Å². The number of aliphatic hydroxyl groups is 6. The normalized spacial score (nSPS) is 51.8. The summed E-state index contributed by atoms with van der Waals surface area (Å²) < 4.78 is 34.5. The van der Waals surface area contributed by atoms with E-state index in [1.54, 1.807) is 0 Å². The molecule has 6 fully saturated rings. The van der Waals surface area contributed by atoms with E-state index in [1.165, 1.54) is 12.7 Å². The smallest absolute Gasteiger partial charge is 0.337 e. The Balaban J connectivity index is 1.18. The van der Waals surface area contributed by atoms with Crippen molar-refractivity contribution in [2.45, 2.75) is 174 Å². The first-order chi connectivity index (χ1) is 27.5. The van der Waals surface area contributed by atoms with E-state index in [2.05, 4.69) is 41.5 Å². The van der Waals surface area contributed by atoms with Crippen LogP contribution < -0.4 is 0 Å². The lowest BCUT2D eigenvalue weighted by Gasteiger charge is -2.70. The predicted octanol–water partition coefficient (Wildman–Crippen LogP) is 2.33. The SMILES string of the molecule is COC(=O)[C@H]1O[C@@H](OC2CC[C@@]3(C)C(CC[C@]4(C)C3C(=O)C=C3C5C[C@@](C)(C(=O)OC)CC[C@]5(C)CC[C@]34C)C2(C)C)[C@H](O[C@@H]2O[C@H](CO)[C@@H](O)[C@H](O)[C@H]2O)[C@@H](O)[C@@H]1O. The van der Waals surface area contributed by atoms with E-state index in [4.69, 9.17) is 28.4 Å². The molecule has 0 aromatic rings. The summed E-state index contributed by atoms with van der Waals surface area (Å²) in [6, 6.07) is 0. The number of rotatable bonds is 7. The molecule has 334 valence electrons. The number of hydrogen-bond donors (Lipinski definition) is 6. The van der Waals surface area contributed by atoms with Gasteiger partial charge in [0.05, 0.1) is 32.3 Å². The van der Waals surface area contributed by atoms with Gasteiger partial charge in [-0.15, -0.1) is 0 Å². The first kappa shape index (κ1) is 45.0. The van der Waals surface area contributed by atoms with E-state index in [1.807, 2.05) is 13.0 Å². The summed E-state index contributed by atoms with van der Waals surface area (Å²) in [5.41, 5.74) is -1.08. The number of carbonyl (C=O) groups excluding carboxylic acids is 3. The van der Waals surface area contributed by atoms with Crippen LogP contribution >= 0.6 is 0 Å². The molecule has 0 spiro atoms. The highest BCUT2D eigenvalue weighted by molar-refractivity contribution is 5.95. The number of methoxy groups -OCH3 is 2. The fourth-order valence-electron chi connectivity index (χ4n) is 13.7. The second-order valence-corrected chi connectivity index (χ2v) is 21.0. The Kier molecular flexibility index (Phi) is 11.7. The first-order valence-corrected chi connectivity index (χ1v) is 21.5. The zero-order chi connectivity index (χ0) is 43.4. The number of ketones is 1. The van der Waals surface area contributed by atoms with Crippen molar-refractivity contribution in [2.75, 3.05) is 20.8 Å². The summed E-state index contributed by atoms with van der Waals surface area (Å²) >= 11 is 0. The molecule has 15 heteroatoms. The molecule has 19 atom stereocenters. The summed E-state index contributed by atoms with van der Waals surface area (Å²) in [6.07, 6.45) is -8.29. The molecule has 0 bridgehead atoms. The Morgan fingerprint density at radius 1 is 0.763 bits per heavy atom. The van der Waals surface area contributed by atoms with E-state index >= 15 is 0 Å². The van der Waals surface area contributed by atoms with Crippen LogP contribution in [0.25, 0.3) is 0 Å². The van der Waals surface area contributed by atoms with Gasteiger partial charge < -0.3 is 59.1 Å². The fourth-order valence-corrected chi connectivity index (χ4v) is 13.7. The zero-order valence-corrected chi connectivity index (χ0v) is 36.1. The number of allylic oxidation sites excluding steroid dienone is 2. The van der Waals surface area contributed by atoms with Crippen LogP contribution in [-0.2, 0) is 42.8 Å². The minimum absolute atomic E-state index is 0.0110. The number of hydrogen-bond acceptors (Lipinski definition) is 15. The van der Waals surface area contributed by atoms with Crippen LogP contribution in [0, 0.1) is 50.2 Å². The highest BCUT2D eigenvalue weighted by Gasteiger charge is 2.71. The molecule has 0 aromatic heterocycles. The molecule has 15 nitrogen and oxygen atoms in total. The second-order valence-electron chi connectivity index (χ2n) is 21.0. The molecule has 4 saturated carbocycles. The third kappa shape index (κ3) is 6.70. The van der Waals surface area contributed by atoms with Gasteiger partial charge in [-0.2, -0.15) is 0 Å². The molecule has 0 radical (unpaired) electrons. The summed E-state index contributed by atoms with van der Waals surface area (Å²) in [5, 5.41) is 63.8. The molecular weight excluding hydrogens is 768 g/mol. The third-order valence-electron chi connectivity index (χ3n) is 17.6. The van der Waals surface area contributed by atoms with Gasteiger partial charge in [-0.25, -0.2) is 4.79 Å². The molecule has 0 aromatic carbocycles. The summed E-state index contributed by atoms with van der Waals surface area (Å²) in [7, 11) is 2.57. The number of aliphatic hydroxyl groups excluding tert-OH is 6. The van der Waals surface area contributed by atoms with Crippen molar-refractivity contribution >= 4 is 17.7 Å². The Labute approximate surface area is 347 Å². The highest BCUT2D eigenvalue weighted by Crippen LogP contribution is 2.75. The van der Waals surface area contributed by atoms with E-state index < -0.39 is 96.3 Å². The van der Waals surface area contributed by atoms with Crippen molar-refractivity contribution in [3.63, 3.8) is 0 Å². The van der Waals surface area contributed by atoms with E-state index in [0.29, 0.717) is 19.3 Å². The first-order valence-electron chi connectivity index (χ1n) is 21.5. The van der Waals surface area contributed by atoms with E-state index in [0.717, 1.165) is 45.6 Å². The molecular formula is C44H68O15. The van der Waals surface area contributed by atoms with Gasteiger partial charge in [0.25, 0.3) is 0 Å². The standard InChI is InChI=1S/C44H68O15/c1-39(2)25-10-13-44(7)34(23(46)18-21-22-19-41(4,38(53)55-9)15-14-40(22,3)16-17-43(21,44)6)42(25,5)12-11-26(39)57-37-33(30(50)29(49)32(58-37)35(52)54-8)59-36-31(51)28(48)27(47)24(20-45)56-36/h18,22,24-34,36-37,45,47-51H,10-17,19-20H2,1-9H3/t22?,24-,25?,26?,27-,28+,29+,30+,31-,32+,33-,34?,36+,37-,40-,41+,42+,43-,44-/m1/s1. The summed E-state index contributed by atoms with van der Waals surface area (Å²) in [4.78, 5) is 40.9. The van der Waals surface area contributed by atoms with Crippen LogP contribution in [0.5, 0.6) is 0 Å². The monoisotopic (exact) mass is 836 g/mol. The molecule has 4 unspecified atom stereocenters. The van der Waals surface area contributed by atoms with Crippen LogP contribution in [0.2, 0.25) is 0 Å².